The first-order chi connectivity index (χ1) is 7.85. The van der Waals surface area contributed by atoms with Gasteiger partial charge in [0, 0.05) is 18.2 Å². The maximum absolute atomic E-state index is 4.69. The Morgan fingerprint density at radius 3 is 2.88 bits per heavy atom. The number of rotatable bonds is 6. The quantitative estimate of drug-likeness (QED) is 0.747. The molecule has 1 N–H and O–H groups in total. The lowest BCUT2D eigenvalue weighted by molar-refractivity contribution is 0.390. The zero-order chi connectivity index (χ0) is 11.4. The molecule has 0 bridgehead atoms. The summed E-state index contributed by atoms with van der Waals surface area (Å²) in [6, 6.07) is 2.34. The summed E-state index contributed by atoms with van der Waals surface area (Å²) in [7, 11) is 2.00. The summed E-state index contributed by atoms with van der Waals surface area (Å²) in [5, 5.41) is 7.88. The minimum absolute atomic E-state index is 0.797. The van der Waals surface area contributed by atoms with Crippen molar-refractivity contribution in [1.29, 1.82) is 0 Å². The third kappa shape index (κ3) is 2.46. The van der Waals surface area contributed by atoms with Crippen LogP contribution in [-0.4, -0.2) is 23.4 Å². The number of aromatic nitrogens is 2. The predicted molar refractivity (Wildman–Crippen MR) is 66.7 cm³/mol. The molecule has 3 heteroatoms. The maximum atomic E-state index is 4.69. The molecule has 1 fully saturated rings. The molecule has 0 amide bonds. The molecular formula is C13H23N3. The second kappa shape index (κ2) is 5.48. The topological polar surface area (TPSA) is 29.9 Å². The van der Waals surface area contributed by atoms with Crippen LogP contribution in [0.5, 0.6) is 0 Å². The number of hydrogen-bond donors (Lipinski definition) is 1. The minimum Gasteiger partial charge on any atom is -0.320 e. The Balaban J connectivity index is 2.00. The van der Waals surface area contributed by atoms with Crippen molar-refractivity contribution in [3.63, 3.8) is 0 Å². The van der Waals surface area contributed by atoms with E-state index in [4.69, 9.17) is 5.10 Å². The second-order valence-corrected chi connectivity index (χ2v) is 4.71. The second-order valence-electron chi connectivity index (χ2n) is 4.71. The van der Waals surface area contributed by atoms with E-state index in [2.05, 4.69) is 23.0 Å². The number of hydrogen-bond acceptors (Lipinski definition) is 2. The fourth-order valence-electron chi connectivity index (χ4n) is 2.34. The third-order valence-corrected chi connectivity index (χ3v) is 3.54. The Bertz CT molecular complexity index is 326. The highest BCUT2D eigenvalue weighted by Crippen LogP contribution is 2.36. The van der Waals surface area contributed by atoms with Crippen LogP contribution < -0.4 is 5.32 Å². The molecule has 16 heavy (non-hydrogen) atoms. The summed E-state index contributed by atoms with van der Waals surface area (Å²) in [6.07, 6.45) is 6.41. The summed E-state index contributed by atoms with van der Waals surface area (Å²) < 4.78 is 2.21. The fraction of sp³-hybridized carbons (Fsp3) is 0.769. The Morgan fingerprint density at radius 2 is 2.31 bits per heavy atom. The molecular weight excluding hydrogens is 198 g/mol. The zero-order valence-corrected chi connectivity index (χ0v) is 10.5. The highest BCUT2D eigenvalue weighted by Gasteiger charge is 2.23. The van der Waals surface area contributed by atoms with Crippen LogP contribution in [-0.2, 0) is 13.0 Å². The van der Waals surface area contributed by atoms with Crippen LogP contribution in [0.25, 0.3) is 0 Å². The van der Waals surface area contributed by atoms with Gasteiger partial charge in [-0.25, -0.2) is 0 Å². The number of nitrogens with zero attached hydrogens (tertiary/aromatic N) is 2. The van der Waals surface area contributed by atoms with Crippen molar-refractivity contribution in [3.8, 4) is 0 Å². The highest BCUT2D eigenvalue weighted by molar-refractivity contribution is 5.17. The predicted octanol–water partition coefficient (Wildman–Crippen LogP) is 2.32. The molecule has 0 aromatic carbocycles. The molecule has 0 saturated heterocycles. The van der Waals surface area contributed by atoms with Gasteiger partial charge in [-0.05, 0) is 52.3 Å². The van der Waals surface area contributed by atoms with Gasteiger partial charge in [0.15, 0.2) is 0 Å². The Kier molecular flexibility index (Phi) is 3.99. The van der Waals surface area contributed by atoms with E-state index in [1.54, 1.807) is 0 Å². The molecule has 0 radical (unpaired) electrons. The fourth-order valence-corrected chi connectivity index (χ4v) is 2.34. The van der Waals surface area contributed by atoms with E-state index < -0.39 is 0 Å². The van der Waals surface area contributed by atoms with E-state index in [9.17, 15) is 0 Å². The van der Waals surface area contributed by atoms with Gasteiger partial charge in [-0.15, -0.1) is 0 Å². The van der Waals surface area contributed by atoms with Crippen LogP contribution >= 0.6 is 0 Å². The van der Waals surface area contributed by atoms with Crippen molar-refractivity contribution in [2.75, 3.05) is 13.6 Å². The molecule has 2 rings (SSSR count). The zero-order valence-electron chi connectivity index (χ0n) is 10.5. The lowest BCUT2D eigenvalue weighted by atomic mass is 9.82. The van der Waals surface area contributed by atoms with Crippen LogP contribution in [0.1, 0.15) is 49.9 Å². The van der Waals surface area contributed by atoms with E-state index >= 15 is 0 Å². The molecule has 1 heterocycles. The highest BCUT2D eigenvalue weighted by atomic mass is 15.3. The average Bonchev–Trinajstić information content (AvgIpc) is 2.59. The van der Waals surface area contributed by atoms with E-state index in [-0.39, 0.29) is 0 Å². The van der Waals surface area contributed by atoms with Crippen molar-refractivity contribution in [1.82, 2.24) is 15.1 Å². The molecule has 1 aromatic rings. The molecule has 90 valence electrons. The third-order valence-electron chi connectivity index (χ3n) is 3.54. The summed E-state index contributed by atoms with van der Waals surface area (Å²) in [5.41, 5.74) is 2.76. The first kappa shape index (κ1) is 11.6. The van der Waals surface area contributed by atoms with Gasteiger partial charge in [-0.3, -0.25) is 4.68 Å². The molecule has 1 aromatic heterocycles. The molecule has 1 aliphatic carbocycles. The lowest BCUT2D eigenvalue weighted by Crippen LogP contribution is -2.14. The standard InChI is InChI=1S/C13H23N3/c1-3-16-13(11-6-4-7-11)10-12(15-16)8-5-9-14-2/h10-11,14H,3-9H2,1-2H3. The number of aryl methyl sites for hydroxylation is 2. The molecule has 0 atom stereocenters. The van der Waals surface area contributed by atoms with E-state index in [0.717, 1.165) is 25.4 Å². The van der Waals surface area contributed by atoms with Crippen LogP contribution in [0, 0.1) is 0 Å². The normalized spacial score (nSPS) is 16.4. The summed E-state index contributed by atoms with van der Waals surface area (Å²) in [4.78, 5) is 0. The van der Waals surface area contributed by atoms with Gasteiger partial charge >= 0.3 is 0 Å². The molecule has 0 unspecified atom stereocenters. The lowest BCUT2D eigenvalue weighted by Gasteiger charge is -2.25. The Labute approximate surface area is 98.2 Å². The first-order valence-electron chi connectivity index (χ1n) is 6.56. The SMILES string of the molecule is CCn1nc(CCCNC)cc1C1CCC1. The molecule has 1 saturated carbocycles. The van der Waals surface area contributed by atoms with Gasteiger partial charge in [-0.2, -0.15) is 5.10 Å². The first-order valence-corrected chi connectivity index (χ1v) is 6.56. The van der Waals surface area contributed by atoms with Gasteiger partial charge < -0.3 is 5.32 Å². The largest absolute Gasteiger partial charge is 0.320 e. The van der Waals surface area contributed by atoms with Crippen molar-refractivity contribution in [3.05, 3.63) is 17.5 Å². The summed E-state index contributed by atoms with van der Waals surface area (Å²) in [6.45, 7) is 4.28. The minimum atomic E-state index is 0.797. The Hall–Kier alpha value is -0.830. The van der Waals surface area contributed by atoms with Crippen molar-refractivity contribution < 1.29 is 0 Å². The van der Waals surface area contributed by atoms with Gasteiger partial charge in [0.05, 0.1) is 5.69 Å². The molecule has 0 aliphatic heterocycles. The van der Waals surface area contributed by atoms with Crippen LogP contribution in [0.4, 0.5) is 0 Å². The van der Waals surface area contributed by atoms with E-state index in [0.29, 0.717) is 0 Å². The number of nitrogens with one attached hydrogen (secondary N) is 1. The van der Waals surface area contributed by atoms with Crippen molar-refractivity contribution in [2.24, 2.45) is 0 Å². The van der Waals surface area contributed by atoms with Gasteiger partial charge in [0.2, 0.25) is 0 Å². The average molecular weight is 221 g/mol. The molecule has 0 spiro atoms. The van der Waals surface area contributed by atoms with Gasteiger partial charge in [0.25, 0.3) is 0 Å². The van der Waals surface area contributed by atoms with E-state index in [1.807, 2.05) is 7.05 Å². The maximum Gasteiger partial charge on any atom is 0.0628 e. The van der Waals surface area contributed by atoms with Gasteiger partial charge in [0.1, 0.15) is 0 Å². The van der Waals surface area contributed by atoms with Crippen molar-refractivity contribution >= 4 is 0 Å². The van der Waals surface area contributed by atoms with Gasteiger partial charge in [-0.1, -0.05) is 6.42 Å². The summed E-state index contributed by atoms with van der Waals surface area (Å²) >= 11 is 0. The Morgan fingerprint density at radius 1 is 1.50 bits per heavy atom. The molecule has 1 aliphatic rings. The van der Waals surface area contributed by atoms with Crippen LogP contribution in [0.2, 0.25) is 0 Å². The summed E-state index contributed by atoms with van der Waals surface area (Å²) in [5.74, 6) is 0.797. The van der Waals surface area contributed by atoms with Crippen LogP contribution in [0.3, 0.4) is 0 Å². The molecule has 3 nitrogen and oxygen atoms in total. The smallest absolute Gasteiger partial charge is 0.0628 e. The van der Waals surface area contributed by atoms with Crippen LogP contribution in [0.15, 0.2) is 6.07 Å². The van der Waals surface area contributed by atoms with Crippen molar-refractivity contribution in [2.45, 2.75) is 51.5 Å². The van der Waals surface area contributed by atoms with E-state index in [1.165, 1.54) is 37.1 Å². The monoisotopic (exact) mass is 221 g/mol.